The molecule has 11 nitrogen and oxygen atoms in total. The number of aromatic hydroxyl groups is 1. The predicted molar refractivity (Wildman–Crippen MR) is 215 cm³/mol. The smallest absolute Gasteiger partial charge is 0.319 e. The first-order valence-electron chi connectivity index (χ1n) is 21.4. The van der Waals surface area contributed by atoms with Crippen molar-refractivity contribution in [3.8, 4) is 23.0 Å². The van der Waals surface area contributed by atoms with Crippen molar-refractivity contribution in [2.75, 3.05) is 64.1 Å². The van der Waals surface area contributed by atoms with Gasteiger partial charge >= 0.3 is 6.01 Å². The van der Waals surface area contributed by atoms with E-state index >= 15 is 8.78 Å². The maximum atomic E-state index is 17.3. The highest BCUT2D eigenvalue weighted by Gasteiger charge is 2.73. The molecular formula is C45H55F2N5O6. The van der Waals surface area contributed by atoms with Crippen LogP contribution in [0.1, 0.15) is 84.1 Å². The number of ether oxygens (including phenoxy) is 4. The number of hydrogen-bond donors (Lipinski definition) is 2. The van der Waals surface area contributed by atoms with Gasteiger partial charge in [-0.2, -0.15) is 9.97 Å². The summed E-state index contributed by atoms with van der Waals surface area (Å²) in [6.07, 6.45) is 11.4. The van der Waals surface area contributed by atoms with Gasteiger partial charge in [0, 0.05) is 67.8 Å². The molecule has 5 aliphatic heterocycles. The van der Waals surface area contributed by atoms with Crippen LogP contribution in [0.3, 0.4) is 0 Å². The molecule has 0 radical (unpaired) electrons. The van der Waals surface area contributed by atoms with E-state index in [4.69, 9.17) is 28.9 Å². The normalized spacial score (nSPS) is 32.1. The van der Waals surface area contributed by atoms with E-state index in [9.17, 15) is 10.2 Å². The zero-order valence-electron chi connectivity index (χ0n) is 33.9. The first-order valence-corrected chi connectivity index (χ1v) is 21.4. The standard InChI is InChI=1S/C45H55F2N5O6/c1-4-30-33(46)9-8-28-19-29(53)20-31(35(28)30)37-36(47)38-32(21-48-37)39(52-15-18-56-26-41(2,54)24-52)50-40(49-38)57-27-43-10-5-7-34(43)51(14-6-11-43)25-44-22-42(3,23-44)58-45(44)12-16-55-17-13-45/h8-9,19-21,34,53-54H,4-7,10-18,22-27H2,1-3H3/t34-,41?,42?,43?,44?/m1/s1. The average Bonchev–Trinajstić information content (AvgIpc) is 3.73. The summed E-state index contributed by atoms with van der Waals surface area (Å²) in [5.41, 5.74) is -0.666. The van der Waals surface area contributed by atoms with E-state index < -0.39 is 17.2 Å². The van der Waals surface area contributed by atoms with Crippen molar-refractivity contribution in [3.05, 3.63) is 47.7 Å². The topological polar surface area (TPSA) is 123 Å². The molecule has 3 atom stereocenters. The van der Waals surface area contributed by atoms with Crippen LogP contribution >= 0.6 is 0 Å². The van der Waals surface area contributed by atoms with Crippen molar-refractivity contribution in [1.82, 2.24) is 19.9 Å². The number of aromatic nitrogens is 3. The fourth-order valence-corrected chi connectivity index (χ4v) is 12.5. The lowest BCUT2D eigenvalue weighted by Gasteiger charge is -2.54. The molecule has 4 aromatic rings. The van der Waals surface area contributed by atoms with Crippen molar-refractivity contribution in [2.45, 2.75) is 108 Å². The maximum absolute atomic E-state index is 17.3. The van der Waals surface area contributed by atoms with Crippen LogP contribution in [0.5, 0.6) is 11.8 Å². The first kappa shape index (κ1) is 38.5. The van der Waals surface area contributed by atoms with Crippen LogP contribution in [0.2, 0.25) is 0 Å². The number of hydrogen-bond acceptors (Lipinski definition) is 11. The number of likely N-dealkylation sites (tertiary alicyclic amines) is 1. The van der Waals surface area contributed by atoms with E-state index in [1.165, 1.54) is 18.3 Å². The molecule has 310 valence electrons. The van der Waals surface area contributed by atoms with Gasteiger partial charge in [-0.05, 0) is 99.9 Å². The second-order valence-electron chi connectivity index (χ2n) is 18.9. The Bertz CT molecular complexity index is 2260. The van der Waals surface area contributed by atoms with Gasteiger partial charge < -0.3 is 34.1 Å². The number of phenolic OH excluding ortho intramolecular Hbond substituents is 1. The third-order valence-electron chi connectivity index (χ3n) is 14.7. The Balaban J connectivity index is 1.02. The molecule has 2 unspecified atom stereocenters. The highest BCUT2D eigenvalue weighted by atomic mass is 19.1. The quantitative estimate of drug-likeness (QED) is 0.190. The average molecular weight is 800 g/mol. The summed E-state index contributed by atoms with van der Waals surface area (Å²) < 4.78 is 57.6. The molecular weight excluding hydrogens is 745 g/mol. The molecule has 11 rings (SSSR count). The van der Waals surface area contributed by atoms with Crippen molar-refractivity contribution in [1.29, 1.82) is 0 Å². The number of nitrogens with zero attached hydrogens (tertiary/aromatic N) is 5. The van der Waals surface area contributed by atoms with Gasteiger partial charge in [0.25, 0.3) is 0 Å². The maximum Gasteiger partial charge on any atom is 0.319 e. The summed E-state index contributed by atoms with van der Waals surface area (Å²) in [6, 6.07) is 6.33. The summed E-state index contributed by atoms with van der Waals surface area (Å²) in [6.45, 7) is 10.9. The van der Waals surface area contributed by atoms with E-state index in [0.717, 1.165) is 84.1 Å². The number of aryl methyl sites for hydroxylation is 1. The lowest BCUT2D eigenvalue weighted by atomic mass is 9.54. The van der Waals surface area contributed by atoms with E-state index in [-0.39, 0.29) is 63.7 Å². The van der Waals surface area contributed by atoms with Crippen LogP contribution in [0.4, 0.5) is 14.6 Å². The minimum atomic E-state index is -1.19. The second-order valence-corrected chi connectivity index (χ2v) is 18.9. The Hall–Kier alpha value is -3.75. The number of piperidine rings is 1. The number of anilines is 1. The van der Waals surface area contributed by atoms with E-state index in [0.29, 0.717) is 59.8 Å². The molecule has 2 aromatic heterocycles. The number of halogens is 2. The second kappa shape index (κ2) is 13.9. The molecule has 7 aliphatic rings. The zero-order chi connectivity index (χ0) is 40.1. The van der Waals surface area contributed by atoms with Gasteiger partial charge in [0.1, 0.15) is 34.2 Å². The third kappa shape index (κ3) is 6.16. The van der Waals surface area contributed by atoms with E-state index in [2.05, 4.69) is 16.8 Å². The molecule has 13 heteroatoms. The summed E-state index contributed by atoms with van der Waals surface area (Å²) in [4.78, 5) is 19.0. The summed E-state index contributed by atoms with van der Waals surface area (Å²) in [7, 11) is 0. The largest absolute Gasteiger partial charge is 0.508 e. The van der Waals surface area contributed by atoms with Crippen LogP contribution in [0, 0.1) is 22.5 Å². The van der Waals surface area contributed by atoms with Crippen molar-refractivity contribution < 1.29 is 37.9 Å². The highest BCUT2D eigenvalue weighted by molar-refractivity contribution is 6.01. The van der Waals surface area contributed by atoms with Gasteiger partial charge in [0.2, 0.25) is 0 Å². The van der Waals surface area contributed by atoms with Crippen molar-refractivity contribution in [2.24, 2.45) is 10.8 Å². The minimum absolute atomic E-state index is 0.00150. The minimum Gasteiger partial charge on any atom is -0.508 e. The number of benzene rings is 2. The Morgan fingerprint density at radius 3 is 2.60 bits per heavy atom. The van der Waals surface area contributed by atoms with E-state index in [1.54, 1.807) is 19.1 Å². The summed E-state index contributed by atoms with van der Waals surface area (Å²) in [5.74, 6) is -0.825. The van der Waals surface area contributed by atoms with Gasteiger partial charge in [-0.1, -0.05) is 19.4 Å². The fraction of sp³-hybridized carbons (Fsp3) is 0.622. The molecule has 0 amide bonds. The van der Waals surface area contributed by atoms with Crippen molar-refractivity contribution in [3.63, 3.8) is 0 Å². The highest BCUT2D eigenvalue weighted by Crippen LogP contribution is 2.69. The Morgan fingerprint density at radius 2 is 1.79 bits per heavy atom. The Morgan fingerprint density at radius 1 is 0.983 bits per heavy atom. The van der Waals surface area contributed by atoms with Gasteiger partial charge in [-0.15, -0.1) is 0 Å². The lowest BCUT2D eigenvalue weighted by Crippen LogP contribution is -2.61. The van der Waals surface area contributed by atoms with Gasteiger partial charge in [0.15, 0.2) is 5.82 Å². The van der Waals surface area contributed by atoms with Crippen LogP contribution in [-0.4, -0.2) is 112 Å². The molecule has 1 spiro atoms. The molecule has 2 aromatic carbocycles. The molecule has 2 aliphatic carbocycles. The Labute approximate surface area is 338 Å². The van der Waals surface area contributed by atoms with Crippen LogP contribution in [0.15, 0.2) is 30.5 Å². The fourth-order valence-electron chi connectivity index (χ4n) is 12.5. The molecule has 2 saturated carbocycles. The number of β-amino-alcohol motifs (C(OH)–C–C–N with tert-alkyl or cyclic N) is 1. The molecule has 2 bridgehead atoms. The third-order valence-corrected chi connectivity index (χ3v) is 14.7. The SMILES string of the molecule is CCc1c(F)ccc2cc(O)cc(-c3ncc4c(N5CCOCC(C)(O)C5)nc(OCC56CCC[C@H]5N(CC57CC(C)(C5)OC75CCOCC5)CCC6)nc4c3F)c12. The molecule has 7 fully saturated rings. The van der Waals surface area contributed by atoms with E-state index in [1.807, 2.05) is 11.8 Å². The number of rotatable bonds is 8. The summed E-state index contributed by atoms with van der Waals surface area (Å²) >= 11 is 0. The number of fused-ring (bicyclic) bond motifs is 3. The van der Waals surface area contributed by atoms with Crippen LogP contribution in [0.25, 0.3) is 32.9 Å². The molecule has 58 heavy (non-hydrogen) atoms. The number of pyridine rings is 1. The number of aliphatic hydroxyl groups is 1. The van der Waals surface area contributed by atoms with Crippen LogP contribution in [-0.2, 0) is 20.6 Å². The van der Waals surface area contributed by atoms with Crippen LogP contribution < -0.4 is 9.64 Å². The monoisotopic (exact) mass is 799 g/mol. The first-order chi connectivity index (χ1) is 27.9. The Kier molecular flexibility index (Phi) is 9.22. The molecule has 2 N–H and O–H groups in total. The summed E-state index contributed by atoms with van der Waals surface area (Å²) in [5, 5.41) is 23.4. The van der Waals surface area contributed by atoms with Gasteiger partial charge in [-0.25, -0.2) is 8.78 Å². The lowest BCUT2D eigenvalue weighted by molar-refractivity contribution is -0.123. The van der Waals surface area contributed by atoms with Gasteiger partial charge in [-0.3, -0.25) is 9.88 Å². The zero-order valence-corrected chi connectivity index (χ0v) is 33.9. The van der Waals surface area contributed by atoms with Crippen molar-refractivity contribution >= 4 is 27.5 Å². The molecule has 7 heterocycles. The number of phenols is 1. The molecule has 5 saturated heterocycles. The predicted octanol–water partition coefficient (Wildman–Crippen LogP) is 7.11. The van der Waals surface area contributed by atoms with Gasteiger partial charge in [0.05, 0.1) is 43.0 Å².